The van der Waals surface area contributed by atoms with Gasteiger partial charge in [0.25, 0.3) is 0 Å². The van der Waals surface area contributed by atoms with E-state index in [1.54, 1.807) is 12.3 Å². The molecule has 0 unspecified atom stereocenters. The van der Waals surface area contributed by atoms with E-state index in [4.69, 9.17) is 4.74 Å². The SMILES string of the molecule is C[C@H](CCN1CCOCC1)NC(=O)/C=C/c1ccnc2ccccc12. The zero-order valence-electron chi connectivity index (χ0n) is 14.6. The molecule has 1 amide bonds. The molecule has 2 aromatic rings. The number of hydrogen-bond acceptors (Lipinski definition) is 4. The van der Waals surface area contributed by atoms with Gasteiger partial charge in [0, 0.05) is 43.3 Å². The van der Waals surface area contributed by atoms with Crippen molar-refractivity contribution >= 4 is 22.9 Å². The molecule has 1 aromatic heterocycles. The molecule has 0 saturated carbocycles. The summed E-state index contributed by atoms with van der Waals surface area (Å²) in [5.74, 6) is -0.0598. The van der Waals surface area contributed by atoms with Gasteiger partial charge in [0.2, 0.25) is 5.91 Å². The van der Waals surface area contributed by atoms with E-state index in [1.165, 1.54) is 0 Å². The fourth-order valence-electron chi connectivity index (χ4n) is 2.99. The van der Waals surface area contributed by atoms with Gasteiger partial charge in [0.05, 0.1) is 18.7 Å². The van der Waals surface area contributed by atoms with Crippen molar-refractivity contribution in [2.45, 2.75) is 19.4 Å². The van der Waals surface area contributed by atoms with Gasteiger partial charge in [0.15, 0.2) is 0 Å². The van der Waals surface area contributed by atoms with Crippen LogP contribution in [0.2, 0.25) is 0 Å². The zero-order valence-corrected chi connectivity index (χ0v) is 14.6. The highest BCUT2D eigenvalue weighted by Gasteiger charge is 2.12. The number of rotatable bonds is 6. The summed E-state index contributed by atoms with van der Waals surface area (Å²) in [6.07, 6.45) is 6.17. The molecule has 0 spiro atoms. The Morgan fingerprint density at radius 1 is 1.32 bits per heavy atom. The van der Waals surface area contributed by atoms with Gasteiger partial charge in [-0.25, -0.2) is 0 Å². The summed E-state index contributed by atoms with van der Waals surface area (Å²) in [6.45, 7) is 6.62. The van der Waals surface area contributed by atoms with Crippen molar-refractivity contribution in [3.63, 3.8) is 0 Å². The summed E-state index contributed by atoms with van der Waals surface area (Å²) < 4.78 is 5.35. The fourth-order valence-corrected chi connectivity index (χ4v) is 2.99. The van der Waals surface area contributed by atoms with Crippen molar-refractivity contribution in [1.82, 2.24) is 15.2 Å². The Morgan fingerprint density at radius 3 is 2.96 bits per heavy atom. The van der Waals surface area contributed by atoms with Crippen LogP contribution in [0, 0.1) is 0 Å². The number of benzene rings is 1. The zero-order chi connectivity index (χ0) is 17.5. The third-order valence-corrected chi connectivity index (χ3v) is 4.47. The van der Waals surface area contributed by atoms with Crippen LogP contribution in [0.25, 0.3) is 17.0 Å². The van der Waals surface area contributed by atoms with Crippen LogP contribution in [-0.4, -0.2) is 54.7 Å². The van der Waals surface area contributed by atoms with Crippen LogP contribution in [0.5, 0.6) is 0 Å². The van der Waals surface area contributed by atoms with E-state index in [-0.39, 0.29) is 11.9 Å². The van der Waals surface area contributed by atoms with Crippen molar-refractivity contribution < 1.29 is 9.53 Å². The van der Waals surface area contributed by atoms with Gasteiger partial charge in [-0.1, -0.05) is 18.2 Å². The molecule has 2 heterocycles. The summed E-state index contributed by atoms with van der Waals surface area (Å²) >= 11 is 0. The maximum atomic E-state index is 12.2. The average Bonchev–Trinajstić information content (AvgIpc) is 2.65. The molecule has 0 bridgehead atoms. The molecule has 1 saturated heterocycles. The molecule has 0 radical (unpaired) electrons. The first-order valence-corrected chi connectivity index (χ1v) is 8.85. The quantitative estimate of drug-likeness (QED) is 0.822. The Kier molecular flexibility index (Phi) is 6.14. The normalized spacial score (nSPS) is 17.0. The fraction of sp³-hybridized carbons (Fsp3) is 0.400. The van der Waals surface area contributed by atoms with E-state index in [0.29, 0.717) is 0 Å². The first-order chi connectivity index (χ1) is 12.2. The number of nitrogens with zero attached hydrogens (tertiary/aromatic N) is 2. The number of aromatic nitrogens is 1. The minimum absolute atomic E-state index is 0.0598. The Balaban J connectivity index is 1.51. The lowest BCUT2D eigenvalue weighted by Crippen LogP contribution is -2.40. The molecule has 1 aliphatic rings. The number of nitrogens with one attached hydrogen (secondary N) is 1. The largest absolute Gasteiger partial charge is 0.379 e. The minimum Gasteiger partial charge on any atom is -0.379 e. The van der Waals surface area contributed by atoms with E-state index in [1.807, 2.05) is 43.3 Å². The number of fused-ring (bicyclic) bond motifs is 1. The molecule has 1 atom stereocenters. The summed E-state index contributed by atoms with van der Waals surface area (Å²) in [5.41, 5.74) is 1.94. The standard InChI is InChI=1S/C20H25N3O2/c1-16(9-11-23-12-14-25-15-13-23)22-20(24)7-6-17-8-10-21-19-5-3-2-4-18(17)19/h2-8,10,16H,9,11-15H2,1H3,(H,22,24)/b7-6+/t16-/m1/s1. The number of carbonyl (C=O) groups excluding carboxylic acids is 1. The number of morpholine rings is 1. The molecule has 1 aromatic carbocycles. The van der Waals surface area contributed by atoms with Gasteiger partial charge < -0.3 is 10.1 Å². The molecule has 5 nitrogen and oxygen atoms in total. The van der Waals surface area contributed by atoms with Gasteiger partial charge in [-0.15, -0.1) is 0 Å². The molecule has 132 valence electrons. The second kappa shape index (κ2) is 8.74. The van der Waals surface area contributed by atoms with Crippen LogP contribution in [0.15, 0.2) is 42.6 Å². The molecule has 1 fully saturated rings. The average molecular weight is 339 g/mol. The first kappa shape index (κ1) is 17.6. The van der Waals surface area contributed by atoms with Gasteiger partial charge in [0.1, 0.15) is 0 Å². The summed E-state index contributed by atoms with van der Waals surface area (Å²) in [5, 5.41) is 4.09. The lowest BCUT2D eigenvalue weighted by molar-refractivity contribution is -0.117. The van der Waals surface area contributed by atoms with Crippen LogP contribution < -0.4 is 5.32 Å². The first-order valence-electron chi connectivity index (χ1n) is 8.85. The molecular formula is C20H25N3O2. The van der Waals surface area contributed by atoms with E-state index in [9.17, 15) is 4.79 Å². The van der Waals surface area contributed by atoms with Gasteiger partial charge >= 0.3 is 0 Å². The van der Waals surface area contributed by atoms with E-state index in [2.05, 4.69) is 15.2 Å². The number of ether oxygens (including phenoxy) is 1. The van der Waals surface area contributed by atoms with E-state index < -0.39 is 0 Å². The third kappa shape index (κ3) is 5.11. The Morgan fingerprint density at radius 2 is 2.12 bits per heavy atom. The topological polar surface area (TPSA) is 54.5 Å². The number of para-hydroxylation sites is 1. The Hall–Kier alpha value is -2.24. The van der Waals surface area contributed by atoms with Crippen LogP contribution in [0.4, 0.5) is 0 Å². The van der Waals surface area contributed by atoms with Crippen molar-refractivity contribution in [1.29, 1.82) is 0 Å². The Bertz CT molecular complexity index is 733. The highest BCUT2D eigenvalue weighted by Crippen LogP contribution is 2.17. The molecule has 0 aliphatic carbocycles. The molecule has 25 heavy (non-hydrogen) atoms. The maximum absolute atomic E-state index is 12.2. The summed E-state index contributed by atoms with van der Waals surface area (Å²) in [6, 6.07) is 10.0. The molecule has 5 heteroatoms. The number of carbonyl (C=O) groups is 1. The van der Waals surface area contributed by atoms with Crippen LogP contribution in [-0.2, 0) is 9.53 Å². The minimum atomic E-state index is -0.0598. The summed E-state index contributed by atoms with van der Waals surface area (Å²) in [7, 11) is 0. The van der Waals surface area contributed by atoms with Crippen LogP contribution in [0.3, 0.4) is 0 Å². The lowest BCUT2D eigenvalue weighted by Gasteiger charge is -2.27. The van der Waals surface area contributed by atoms with E-state index in [0.717, 1.165) is 55.7 Å². The second-order valence-electron chi connectivity index (χ2n) is 6.40. The Labute approximate surface area is 148 Å². The van der Waals surface area contributed by atoms with Gasteiger partial charge in [-0.05, 0) is 37.1 Å². The molecule has 1 aliphatic heterocycles. The number of amides is 1. The van der Waals surface area contributed by atoms with Gasteiger partial charge in [-0.3, -0.25) is 14.7 Å². The molecule has 3 rings (SSSR count). The predicted molar refractivity (Wildman–Crippen MR) is 100 cm³/mol. The summed E-state index contributed by atoms with van der Waals surface area (Å²) in [4.78, 5) is 18.9. The number of hydrogen-bond donors (Lipinski definition) is 1. The second-order valence-corrected chi connectivity index (χ2v) is 6.40. The smallest absolute Gasteiger partial charge is 0.244 e. The van der Waals surface area contributed by atoms with Crippen LogP contribution >= 0.6 is 0 Å². The van der Waals surface area contributed by atoms with Crippen molar-refractivity contribution in [2.24, 2.45) is 0 Å². The molecular weight excluding hydrogens is 314 g/mol. The third-order valence-electron chi connectivity index (χ3n) is 4.47. The van der Waals surface area contributed by atoms with E-state index >= 15 is 0 Å². The maximum Gasteiger partial charge on any atom is 0.244 e. The predicted octanol–water partition coefficient (Wildman–Crippen LogP) is 2.47. The van der Waals surface area contributed by atoms with Crippen molar-refractivity contribution in [3.8, 4) is 0 Å². The van der Waals surface area contributed by atoms with Gasteiger partial charge in [-0.2, -0.15) is 0 Å². The highest BCUT2D eigenvalue weighted by atomic mass is 16.5. The monoisotopic (exact) mass is 339 g/mol. The van der Waals surface area contributed by atoms with Crippen molar-refractivity contribution in [2.75, 3.05) is 32.8 Å². The van der Waals surface area contributed by atoms with Crippen molar-refractivity contribution in [3.05, 3.63) is 48.2 Å². The number of pyridine rings is 1. The lowest BCUT2D eigenvalue weighted by atomic mass is 10.1. The van der Waals surface area contributed by atoms with Crippen LogP contribution in [0.1, 0.15) is 18.9 Å². The highest BCUT2D eigenvalue weighted by molar-refractivity contribution is 5.95. The molecule has 1 N–H and O–H groups in total.